The van der Waals surface area contributed by atoms with Crippen molar-refractivity contribution in [2.45, 2.75) is 6.54 Å². The maximum Gasteiger partial charge on any atom is 0.278 e. The first-order chi connectivity index (χ1) is 16.7. The van der Waals surface area contributed by atoms with Crippen LogP contribution >= 0.6 is 0 Å². The number of fused-ring (bicyclic) bond motifs is 2. The van der Waals surface area contributed by atoms with Crippen molar-refractivity contribution in [1.82, 2.24) is 9.80 Å². The zero-order valence-electron chi connectivity index (χ0n) is 18.9. The maximum absolute atomic E-state index is 13.4. The van der Waals surface area contributed by atoms with E-state index in [0.717, 1.165) is 61.2 Å². The third-order valence-corrected chi connectivity index (χ3v) is 6.54. The second kappa shape index (κ2) is 8.93. The first-order valence-corrected chi connectivity index (χ1v) is 11.6. The van der Waals surface area contributed by atoms with Crippen LogP contribution in [-0.2, 0) is 11.3 Å². The molecule has 0 spiro atoms. The number of carbonyl (C=O) groups excluding carboxylic acids is 1. The predicted octanol–water partition coefficient (Wildman–Crippen LogP) is 3.66. The lowest BCUT2D eigenvalue weighted by Gasteiger charge is -2.36. The van der Waals surface area contributed by atoms with Gasteiger partial charge in [0.05, 0.1) is 18.0 Å². The summed E-state index contributed by atoms with van der Waals surface area (Å²) in [4.78, 5) is 24.7. The lowest BCUT2D eigenvalue weighted by Crippen LogP contribution is -2.50. The lowest BCUT2D eigenvalue weighted by molar-refractivity contribution is -0.112. The number of nitrogens with zero attached hydrogens (tertiary/aromatic N) is 4. The fraction of sp³-hybridized carbons (Fsp3) is 0.259. The quantitative estimate of drug-likeness (QED) is 0.589. The van der Waals surface area contributed by atoms with Gasteiger partial charge in [-0.3, -0.25) is 19.5 Å². The largest absolute Gasteiger partial charge is 0.454 e. The highest BCUT2D eigenvalue weighted by molar-refractivity contribution is 6.54. The Bertz CT molecular complexity index is 1240. The minimum Gasteiger partial charge on any atom is -0.454 e. The van der Waals surface area contributed by atoms with Crippen LogP contribution in [0.5, 0.6) is 11.5 Å². The van der Waals surface area contributed by atoms with Gasteiger partial charge in [0.2, 0.25) is 6.79 Å². The van der Waals surface area contributed by atoms with Crippen LogP contribution in [-0.4, -0.2) is 61.1 Å². The Balaban J connectivity index is 1.12. The SMILES string of the molecule is O=C1C(=Nc2ccccc2)c2ccccc2N1CN1CCN(Cc2ccc3c(c2)OCO3)CC1. The van der Waals surface area contributed by atoms with E-state index in [1.54, 1.807) is 0 Å². The van der Waals surface area contributed by atoms with Gasteiger partial charge in [-0.05, 0) is 35.9 Å². The number of anilines is 1. The fourth-order valence-corrected chi connectivity index (χ4v) is 4.73. The Morgan fingerprint density at radius 2 is 1.53 bits per heavy atom. The summed E-state index contributed by atoms with van der Waals surface area (Å²) in [7, 11) is 0. The highest BCUT2D eigenvalue weighted by Crippen LogP contribution is 2.33. The third-order valence-electron chi connectivity index (χ3n) is 6.54. The number of carbonyl (C=O) groups is 1. The van der Waals surface area contributed by atoms with E-state index in [2.05, 4.69) is 26.9 Å². The lowest BCUT2D eigenvalue weighted by atomic mass is 10.1. The van der Waals surface area contributed by atoms with E-state index in [0.29, 0.717) is 19.2 Å². The molecule has 6 rings (SSSR count). The number of ether oxygens (including phenoxy) is 2. The molecular weight excluding hydrogens is 428 g/mol. The van der Waals surface area contributed by atoms with E-state index >= 15 is 0 Å². The first kappa shape index (κ1) is 20.9. The van der Waals surface area contributed by atoms with Crippen LogP contribution in [0.3, 0.4) is 0 Å². The predicted molar refractivity (Wildman–Crippen MR) is 131 cm³/mol. The molecule has 1 fully saturated rings. The molecule has 7 heteroatoms. The summed E-state index contributed by atoms with van der Waals surface area (Å²) in [5.74, 6) is 1.61. The van der Waals surface area contributed by atoms with Crippen LogP contribution in [0, 0.1) is 0 Å². The molecule has 3 aromatic rings. The summed E-state index contributed by atoms with van der Waals surface area (Å²) >= 11 is 0. The summed E-state index contributed by atoms with van der Waals surface area (Å²) in [6.07, 6.45) is 0. The van der Waals surface area contributed by atoms with Crippen molar-refractivity contribution in [2.75, 3.05) is 44.5 Å². The van der Waals surface area contributed by atoms with Gasteiger partial charge in [-0.15, -0.1) is 0 Å². The van der Waals surface area contributed by atoms with Gasteiger partial charge in [-0.2, -0.15) is 0 Å². The molecule has 0 unspecified atom stereocenters. The minimum atomic E-state index is -0.0344. The van der Waals surface area contributed by atoms with Gasteiger partial charge in [0.1, 0.15) is 5.71 Å². The normalized spacial score (nSPS) is 19.1. The number of piperazine rings is 1. The maximum atomic E-state index is 13.4. The average Bonchev–Trinajstić information content (AvgIpc) is 3.44. The zero-order valence-corrected chi connectivity index (χ0v) is 18.9. The number of benzene rings is 3. The van der Waals surface area contributed by atoms with Gasteiger partial charge in [0.15, 0.2) is 11.5 Å². The first-order valence-electron chi connectivity index (χ1n) is 11.6. The van der Waals surface area contributed by atoms with Crippen molar-refractivity contribution in [3.05, 3.63) is 83.9 Å². The van der Waals surface area contributed by atoms with Crippen LogP contribution in [0.2, 0.25) is 0 Å². The Morgan fingerprint density at radius 3 is 2.38 bits per heavy atom. The van der Waals surface area contributed by atoms with Crippen LogP contribution < -0.4 is 14.4 Å². The molecule has 0 aromatic heterocycles. The smallest absolute Gasteiger partial charge is 0.278 e. The summed E-state index contributed by atoms with van der Waals surface area (Å²) in [5.41, 5.74) is 4.37. The van der Waals surface area contributed by atoms with Crippen molar-refractivity contribution >= 4 is 23.0 Å². The van der Waals surface area contributed by atoms with E-state index in [1.807, 2.05) is 65.6 Å². The van der Waals surface area contributed by atoms with Gasteiger partial charge in [0.25, 0.3) is 5.91 Å². The van der Waals surface area contributed by atoms with Crippen molar-refractivity contribution in [3.8, 4) is 11.5 Å². The molecule has 0 N–H and O–H groups in total. The molecular formula is C27H26N4O3. The number of rotatable bonds is 5. The average molecular weight is 455 g/mol. The van der Waals surface area contributed by atoms with E-state index < -0.39 is 0 Å². The van der Waals surface area contributed by atoms with Gasteiger partial charge in [-0.25, -0.2) is 4.99 Å². The summed E-state index contributed by atoms with van der Waals surface area (Å²) in [6, 6.07) is 23.8. The number of amides is 1. The highest BCUT2D eigenvalue weighted by Gasteiger charge is 2.35. The molecule has 1 amide bonds. The minimum absolute atomic E-state index is 0.0344. The van der Waals surface area contributed by atoms with Crippen molar-refractivity contribution in [3.63, 3.8) is 0 Å². The number of hydrogen-bond acceptors (Lipinski definition) is 6. The van der Waals surface area contributed by atoms with Gasteiger partial charge in [0, 0.05) is 38.3 Å². The zero-order chi connectivity index (χ0) is 22.9. The molecule has 0 bridgehead atoms. The molecule has 0 atom stereocenters. The summed E-state index contributed by atoms with van der Waals surface area (Å²) in [6.45, 7) is 5.45. The van der Waals surface area contributed by atoms with E-state index in [4.69, 9.17) is 9.47 Å². The van der Waals surface area contributed by atoms with E-state index in [-0.39, 0.29) is 5.91 Å². The van der Waals surface area contributed by atoms with Crippen LogP contribution in [0.15, 0.2) is 77.8 Å². The molecule has 0 aliphatic carbocycles. The van der Waals surface area contributed by atoms with Crippen LogP contribution in [0.25, 0.3) is 0 Å². The standard InChI is InChI=1S/C27H26N4O3/c32-27-26(28-21-6-2-1-3-7-21)22-8-4-5-9-23(22)31(27)18-30-14-12-29(13-15-30)17-20-10-11-24-25(16-20)34-19-33-24/h1-11,16H,12-15,17-19H2. The molecule has 34 heavy (non-hydrogen) atoms. The molecule has 3 heterocycles. The Labute approximate surface area is 198 Å². The molecule has 3 aromatic carbocycles. The molecule has 0 saturated carbocycles. The highest BCUT2D eigenvalue weighted by atomic mass is 16.7. The Kier molecular flexibility index (Phi) is 5.49. The molecule has 3 aliphatic rings. The van der Waals surface area contributed by atoms with Crippen LogP contribution in [0.1, 0.15) is 11.1 Å². The second-order valence-corrected chi connectivity index (χ2v) is 8.77. The molecule has 3 aliphatic heterocycles. The topological polar surface area (TPSA) is 57.6 Å². The summed E-state index contributed by atoms with van der Waals surface area (Å²) < 4.78 is 10.9. The van der Waals surface area contributed by atoms with Gasteiger partial charge in [-0.1, -0.05) is 42.5 Å². The van der Waals surface area contributed by atoms with Gasteiger partial charge < -0.3 is 9.47 Å². The van der Waals surface area contributed by atoms with E-state index in [9.17, 15) is 4.79 Å². The monoisotopic (exact) mass is 454 g/mol. The van der Waals surface area contributed by atoms with Crippen molar-refractivity contribution < 1.29 is 14.3 Å². The van der Waals surface area contributed by atoms with Crippen molar-refractivity contribution in [2.24, 2.45) is 4.99 Å². The van der Waals surface area contributed by atoms with Crippen LogP contribution in [0.4, 0.5) is 11.4 Å². The Morgan fingerprint density at radius 1 is 0.794 bits per heavy atom. The molecule has 1 saturated heterocycles. The number of hydrogen-bond donors (Lipinski definition) is 0. The number of para-hydroxylation sites is 2. The van der Waals surface area contributed by atoms with Crippen molar-refractivity contribution in [1.29, 1.82) is 0 Å². The van der Waals surface area contributed by atoms with Gasteiger partial charge >= 0.3 is 0 Å². The number of aliphatic imine (C=N–C) groups is 1. The summed E-state index contributed by atoms with van der Waals surface area (Å²) in [5, 5.41) is 0. The molecule has 0 radical (unpaired) electrons. The molecule has 172 valence electrons. The van der Waals surface area contributed by atoms with E-state index in [1.165, 1.54) is 5.56 Å². The Hall–Kier alpha value is -3.68. The third kappa shape index (κ3) is 4.04. The molecule has 7 nitrogen and oxygen atoms in total. The second-order valence-electron chi connectivity index (χ2n) is 8.77. The fourth-order valence-electron chi connectivity index (χ4n) is 4.73.